The molecule has 1 aromatic heterocycles. The summed E-state index contributed by atoms with van der Waals surface area (Å²) >= 11 is 13.4. The highest BCUT2D eigenvalue weighted by molar-refractivity contribution is 7.07. The van der Waals surface area contributed by atoms with Gasteiger partial charge in [-0.2, -0.15) is 0 Å². The van der Waals surface area contributed by atoms with Crippen molar-refractivity contribution in [3.63, 3.8) is 0 Å². The number of fused-ring (bicyclic) bond motifs is 2. The third-order valence-electron chi connectivity index (χ3n) is 5.47. The Balaban J connectivity index is 1.72. The molecule has 0 radical (unpaired) electrons. The van der Waals surface area contributed by atoms with Gasteiger partial charge in [-0.15, -0.1) is 0 Å². The Bertz CT molecular complexity index is 1540. The lowest BCUT2D eigenvalue weighted by Gasteiger charge is -2.24. The van der Waals surface area contributed by atoms with Gasteiger partial charge in [0.1, 0.15) is 0 Å². The summed E-state index contributed by atoms with van der Waals surface area (Å²) in [6.45, 7) is 3.79. The number of rotatable bonds is 4. The largest absolute Gasteiger partial charge is 0.463 e. The van der Waals surface area contributed by atoms with E-state index in [1.54, 1.807) is 50.3 Å². The van der Waals surface area contributed by atoms with E-state index < -0.39 is 12.0 Å². The molecule has 0 spiro atoms. The molecule has 0 bridgehead atoms. The molecule has 2 aromatic carbocycles. The van der Waals surface area contributed by atoms with Gasteiger partial charge in [-0.05, 0) is 55.3 Å². The molecular weight excluding hydrogens is 499 g/mol. The van der Waals surface area contributed by atoms with Crippen molar-refractivity contribution in [3.05, 3.63) is 88.5 Å². The number of hydrogen-bond acceptors (Lipinski definition) is 7. The summed E-state index contributed by atoms with van der Waals surface area (Å²) in [4.78, 5) is 31.6. The zero-order valence-corrected chi connectivity index (χ0v) is 20.5. The molecule has 0 saturated carbocycles. The van der Waals surface area contributed by atoms with Crippen LogP contribution in [0.4, 0.5) is 0 Å². The van der Waals surface area contributed by atoms with E-state index in [-0.39, 0.29) is 19.0 Å². The molecule has 1 unspecified atom stereocenters. The third-order valence-corrected chi connectivity index (χ3v) is 7.19. The predicted molar refractivity (Wildman–Crippen MR) is 129 cm³/mol. The van der Waals surface area contributed by atoms with Crippen LogP contribution in [0, 0.1) is 0 Å². The Kier molecular flexibility index (Phi) is 5.97. The maximum Gasteiger partial charge on any atom is 0.338 e. The first-order chi connectivity index (χ1) is 16.4. The highest BCUT2D eigenvalue weighted by Crippen LogP contribution is 2.38. The molecule has 34 heavy (non-hydrogen) atoms. The predicted octanol–water partition coefficient (Wildman–Crippen LogP) is 3.83. The summed E-state index contributed by atoms with van der Waals surface area (Å²) in [5.41, 5.74) is 1.91. The van der Waals surface area contributed by atoms with Crippen LogP contribution >= 0.6 is 34.5 Å². The summed E-state index contributed by atoms with van der Waals surface area (Å²) in [6.07, 6.45) is 1.73. The molecule has 0 saturated heterocycles. The number of nitrogens with zero attached hydrogens (tertiary/aromatic N) is 2. The molecular formula is C24H18Cl2N2O5S. The number of aromatic nitrogens is 1. The van der Waals surface area contributed by atoms with E-state index in [9.17, 15) is 9.59 Å². The molecule has 0 amide bonds. The van der Waals surface area contributed by atoms with Crippen molar-refractivity contribution in [1.29, 1.82) is 0 Å². The van der Waals surface area contributed by atoms with Crippen molar-refractivity contribution in [2.45, 2.75) is 19.9 Å². The van der Waals surface area contributed by atoms with Crippen LogP contribution in [0.5, 0.6) is 11.5 Å². The second-order valence-corrected chi connectivity index (χ2v) is 9.41. The SMILES string of the molecule is CCOC(=O)C1=C(C)N=c2s/c(=C/c3ccc(Cl)c(Cl)c3)c(=O)n2C1c1ccc2c(c1)OCO2. The molecule has 174 valence electrons. The van der Waals surface area contributed by atoms with E-state index in [2.05, 4.69) is 4.99 Å². The van der Waals surface area contributed by atoms with Crippen LogP contribution in [-0.2, 0) is 9.53 Å². The first kappa shape index (κ1) is 22.7. The van der Waals surface area contributed by atoms with Gasteiger partial charge >= 0.3 is 5.97 Å². The van der Waals surface area contributed by atoms with E-state index in [0.29, 0.717) is 47.7 Å². The normalized spacial score (nSPS) is 16.9. The molecule has 0 aliphatic carbocycles. The van der Waals surface area contributed by atoms with Crippen LogP contribution in [0.3, 0.4) is 0 Å². The second-order valence-electron chi connectivity index (χ2n) is 7.59. The first-order valence-electron chi connectivity index (χ1n) is 10.4. The van der Waals surface area contributed by atoms with Crippen molar-refractivity contribution in [2.24, 2.45) is 4.99 Å². The number of esters is 1. The van der Waals surface area contributed by atoms with Gasteiger partial charge in [0.25, 0.3) is 5.56 Å². The van der Waals surface area contributed by atoms with Gasteiger partial charge in [-0.3, -0.25) is 9.36 Å². The smallest absolute Gasteiger partial charge is 0.338 e. The van der Waals surface area contributed by atoms with Crippen molar-refractivity contribution in [1.82, 2.24) is 4.57 Å². The Morgan fingerprint density at radius 1 is 1.21 bits per heavy atom. The summed E-state index contributed by atoms with van der Waals surface area (Å²) in [7, 11) is 0. The average Bonchev–Trinajstić information content (AvgIpc) is 3.39. The van der Waals surface area contributed by atoms with Crippen LogP contribution < -0.4 is 24.4 Å². The van der Waals surface area contributed by atoms with E-state index in [1.807, 2.05) is 6.07 Å². The quantitative estimate of drug-likeness (QED) is 0.492. The summed E-state index contributed by atoms with van der Waals surface area (Å²) in [5.74, 6) is 0.632. The van der Waals surface area contributed by atoms with Gasteiger partial charge < -0.3 is 14.2 Å². The zero-order chi connectivity index (χ0) is 24.0. The van der Waals surface area contributed by atoms with Crippen LogP contribution in [0.15, 0.2) is 57.5 Å². The minimum Gasteiger partial charge on any atom is -0.463 e. The van der Waals surface area contributed by atoms with Crippen LogP contribution in [0.1, 0.15) is 31.0 Å². The molecule has 2 aliphatic rings. The lowest BCUT2D eigenvalue weighted by Crippen LogP contribution is -2.39. The number of ether oxygens (including phenoxy) is 3. The molecule has 3 aromatic rings. The zero-order valence-electron chi connectivity index (χ0n) is 18.1. The van der Waals surface area contributed by atoms with Crippen LogP contribution in [0.25, 0.3) is 6.08 Å². The monoisotopic (exact) mass is 516 g/mol. The van der Waals surface area contributed by atoms with Crippen LogP contribution in [-0.4, -0.2) is 23.9 Å². The second kappa shape index (κ2) is 8.94. The minimum atomic E-state index is -0.735. The van der Waals surface area contributed by atoms with E-state index in [0.717, 1.165) is 5.56 Å². The topological polar surface area (TPSA) is 79.1 Å². The third kappa shape index (κ3) is 3.91. The maximum absolute atomic E-state index is 13.6. The molecule has 2 aliphatic heterocycles. The standard InChI is InChI=1S/C24H18Cl2N2O5S/c1-3-31-23(30)20-12(2)27-24-28(21(20)14-5-7-17-18(10-14)33-11-32-17)22(29)19(34-24)9-13-4-6-15(25)16(26)8-13/h4-10,21H,3,11H2,1-2H3/b19-9+. The molecule has 3 heterocycles. The van der Waals surface area contributed by atoms with Gasteiger partial charge in [0, 0.05) is 0 Å². The summed E-state index contributed by atoms with van der Waals surface area (Å²) in [6, 6.07) is 9.75. The maximum atomic E-state index is 13.6. The van der Waals surface area contributed by atoms with Gasteiger partial charge in [0.2, 0.25) is 6.79 Å². The first-order valence-corrected chi connectivity index (χ1v) is 12.0. The fourth-order valence-electron chi connectivity index (χ4n) is 3.94. The van der Waals surface area contributed by atoms with Crippen molar-refractivity contribution in [2.75, 3.05) is 13.4 Å². The Hall–Kier alpha value is -3.07. The average molecular weight is 517 g/mol. The van der Waals surface area contributed by atoms with Crippen molar-refractivity contribution in [3.8, 4) is 11.5 Å². The van der Waals surface area contributed by atoms with Gasteiger partial charge in [-0.25, -0.2) is 9.79 Å². The van der Waals surface area contributed by atoms with Crippen molar-refractivity contribution < 1.29 is 19.0 Å². The lowest BCUT2D eigenvalue weighted by atomic mass is 9.95. The van der Waals surface area contributed by atoms with E-state index >= 15 is 0 Å². The highest BCUT2D eigenvalue weighted by atomic mass is 35.5. The highest BCUT2D eigenvalue weighted by Gasteiger charge is 2.34. The molecule has 0 N–H and O–H groups in total. The Morgan fingerprint density at radius 3 is 2.76 bits per heavy atom. The van der Waals surface area contributed by atoms with Gasteiger partial charge in [0.15, 0.2) is 16.3 Å². The number of hydrogen-bond donors (Lipinski definition) is 0. The fourth-order valence-corrected chi connectivity index (χ4v) is 5.30. The number of halogens is 2. The molecule has 10 heteroatoms. The molecule has 7 nitrogen and oxygen atoms in total. The number of carbonyl (C=O) groups is 1. The van der Waals surface area contributed by atoms with E-state index in [1.165, 1.54) is 15.9 Å². The minimum absolute atomic E-state index is 0.116. The Labute approximate surface area is 208 Å². The summed E-state index contributed by atoms with van der Waals surface area (Å²) in [5, 5.41) is 0.819. The lowest BCUT2D eigenvalue weighted by molar-refractivity contribution is -0.139. The van der Waals surface area contributed by atoms with E-state index in [4.69, 9.17) is 37.4 Å². The number of thiazole rings is 1. The number of benzene rings is 2. The Morgan fingerprint density at radius 2 is 2.00 bits per heavy atom. The van der Waals surface area contributed by atoms with Crippen LogP contribution in [0.2, 0.25) is 10.0 Å². The molecule has 1 atom stereocenters. The van der Waals surface area contributed by atoms with Gasteiger partial charge in [0.05, 0.1) is 38.5 Å². The van der Waals surface area contributed by atoms with Gasteiger partial charge in [-0.1, -0.05) is 46.7 Å². The van der Waals surface area contributed by atoms with Crippen molar-refractivity contribution >= 4 is 46.6 Å². The number of allylic oxidation sites excluding steroid dienone is 1. The number of carbonyl (C=O) groups excluding carboxylic acids is 1. The summed E-state index contributed by atoms with van der Waals surface area (Å²) < 4.78 is 18.2. The fraction of sp³-hybridized carbons (Fsp3) is 0.208. The molecule has 0 fully saturated rings. The molecule has 5 rings (SSSR count).